The van der Waals surface area contributed by atoms with E-state index in [1.165, 1.54) is 5.56 Å². The van der Waals surface area contributed by atoms with Crippen LogP contribution in [0.25, 0.3) is 0 Å². The van der Waals surface area contributed by atoms with Crippen LogP contribution in [0.3, 0.4) is 0 Å². The van der Waals surface area contributed by atoms with Crippen LogP contribution in [0.1, 0.15) is 12.5 Å². The molecule has 98 valence electrons. The van der Waals surface area contributed by atoms with Gasteiger partial charge in [0.25, 0.3) is 0 Å². The van der Waals surface area contributed by atoms with Gasteiger partial charge in [0.15, 0.2) is 0 Å². The number of anilines is 1. The largest absolute Gasteiger partial charge is 0.388 e. The Bertz CT molecular complexity index is 394. The number of carbonyl (C=O) groups is 1. The van der Waals surface area contributed by atoms with Gasteiger partial charge in [-0.1, -0.05) is 12.1 Å². The Labute approximate surface area is 109 Å². The summed E-state index contributed by atoms with van der Waals surface area (Å²) < 4.78 is 0. The van der Waals surface area contributed by atoms with Gasteiger partial charge in [0.05, 0.1) is 0 Å². The van der Waals surface area contributed by atoms with E-state index in [4.69, 9.17) is 0 Å². The number of benzene rings is 1. The van der Waals surface area contributed by atoms with E-state index in [-0.39, 0.29) is 5.91 Å². The lowest BCUT2D eigenvalue weighted by Gasteiger charge is -2.34. The molecular formula is C14H21N3O. The molecule has 1 saturated heterocycles. The molecule has 0 spiro atoms. The lowest BCUT2D eigenvalue weighted by atomic mass is 10.2. The van der Waals surface area contributed by atoms with E-state index in [1.54, 1.807) is 6.92 Å². The molecule has 4 heteroatoms. The van der Waals surface area contributed by atoms with Crippen molar-refractivity contribution in [3.63, 3.8) is 0 Å². The van der Waals surface area contributed by atoms with E-state index in [2.05, 4.69) is 34.5 Å². The molecule has 0 atom stereocenters. The monoisotopic (exact) mass is 247 g/mol. The van der Waals surface area contributed by atoms with Crippen LogP contribution in [-0.4, -0.2) is 48.9 Å². The highest BCUT2D eigenvalue weighted by Crippen LogP contribution is 2.12. The summed E-state index contributed by atoms with van der Waals surface area (Å²) in [5, 5.41) is 3.12. The third-order valence-corrected chi connectivity index (χ3v) is 3.47. The predicted molar refractivity (Wildman–Crippen MR) is 73.5 cm³/mol. The molecule has 1 aromatic carbocycles. The van der Waals surface area contributed by atoms with Crippen LogP contribution in [0.4, 0.5) is 5.69 Å². The Balaban J connectivity index is 1.85. The first kappa shape index (κ1) is 12.9. The number of rotatable bonds is 3. The van der Waals surface area contributed by atoms with Gasteiger partial charge in [-0.15, -0.1) is 0 Å². The summed E-state index contributed by atoms with van der Waals surface area (Å²) in [6, 6.07) is 8.51. The minimum absolute atomic E-state index is 0.188. The quantitative estimate of drug-likeness (QED) is 0.877. The van der Waals surface area contributed by atoms with Gasteiger partial charge in [-0.3, -0.25) is 9.69 Å². The fourth-order valence-corrected chi connectivity index (χ4v) is 2.26. The third-order valence-electron chi connectivity index (χ3n) is 3.47. The van der Waals surface area contributed by atoms with E-state index in [0.717, 1.165) is 38.4 Å². The SMILES string of the molecule is CNc1ccc(CN2CCN(C(C)=O)CC2)cc1. The zero-order valence-electron chi connectivity index (χ0n) is 11.1. The van der Waals surface area contributed by atoms with Crippen molar-refractivity contribution >= 4 is 11.6 Å². The summed E-state index contributed by atoms with van der Waals surface area (Å²) in [6.07, 6.45) is 0. The van der Waals surface area contributed by atoms with Gasteiger partial charge in [-0.25, -0.2) is 0 Å². The minimum Gasteiger partial charge on any atom is -0.388 e. The van der Waals surface area contributed by atoms with Crippen molar-refractivity contribution < 1.29 is 4.79 Å². The number of nitrogens with one attached hydrogen (secondary N) is 1. The fraction of sp³-hybridized carbons (Fsp3) is 0.500. The maximum Gasteiger partial charge on any atom is 0.219 e. The summed E-state index contributed by atoms with van der Waals surface area (Å²) in [5.41, 5.74) is 2.46. The van der Waals surface area contributed by atoms with Crippen LogP contribution in [0, 0.1) is 0 Å². The lowest BCUT2D eigenvalue weighted by Crippen LogP contribution is -2.47. The summed E-state index contributed by atoms with van der Waals surface area (Å²) in [7, 11) is 1.93. The highest BCUT2D eigenvalue weighted by molar-refractivity contribution is 5.73. The first-order valence-electron chi connectivity index (χ1n) is 6.43. The van der Waals surface area contributed by atoms with E-state index in [9.17, 15) is 4.79 Å². The van der Waals surface area contributed by atoms with Gasteiger partial charge in [0.1, 0.15) is 0 Å². The smallest absolute Gasteiger partial charge is 0.219 e. The molecule has 0 unspecified atom stereocenters. The predicted octanol–water partition coefficient (Wildman–Crippen LogP) is 1.39. The summed E-state index contributed by atoms with van der Waals surface area (Å²) in [5.74, 6) is 0.188. The van der Waals surface area contributed by atoms with E-state index in [1.807, 2.05) is 11.9 Å². The van der Waals surface area contributed by atoms with Gasteiger partial charge in [-0.2, -0.15) is 0 Å². The average molecular weight is 247 g/mol. The molecule has 0 bridgehead atoms. The second-order valence-electron chi connectivity index (χ2n) is 4.73. The van der Waals surface area contributed by atoms with Gasteiger partial charge < -0.3 is 10.2 Å². The van der Waals surface area contributed by atoms with Gasteiger partial charge in [0, 0.05) is 52.4 Å². The molecular weight excluding hydrogens is 226 g/mol. The van der Waals surface area contributed by atoms with Crippen LogP contribution in [0.2, 0.25) is 0 Å². The Kier molecular flexibility index (Phi) is 4.20. The van der Waals surface area contributed by atoms with Crippen molar-refractivity contribution in [1.82, 2.24) is 9.80 Å². The molecule has 4 nitrogen and oxygen atoms in total. The van der Waals surface area contributed by atoms with Crippen LogP contribution in [0.15, 0.2) is 24.3 Å². The molecule has 1 aliphatic heterocycles. The number of carbonyl (C=O) groups excluding carboxylic acids is 1. The molecule has 1 heterocycles. The Morgan fingerprint density at radius 2 is 1.78 bits per heavy atom. The third kappa shape index (κ3) is 3.23. The highest BCUT2D eigenvalue weighted by Gasteiger charge is 2.18. The molecule has 2 rings (SSSR count). The topological polar surface area (TPSA) is 35.6 Å². The van der Waals surface area contributed by atoms with Crippen molar-refractivity contribution in [2.24, 2.45) is 0 Å². The lowest BCUT2D eigenvalue weighted by molar-refractivity contribution is -0.130. The fourth-order valence-electron chi connectivity index (χ4n) is 2.26. The van der Waals surface area contributed by atoms with Crippen molar-refractivity contribution in [2.45, 2.75) is 13.5 Å². The van der Waals surface area contributed by atoms with Crippen LogP contribution in [-0.2, 0) is 11.3 Å². The van der Waals surface area contributed by atoms with E-state index in [0.29, 0.717) is 0 Å². The average Bonchev–Trinajstić information content (AvgIpc) is 2.40. The van der Waals surface area contributed by atoms with Gasteiger partial charge in [-0.05, 0) is 17.7 Å². The standard InChI is InChI=1S/C14H21N3O/c1-12(18)17-9-7-16(8-10-17)11-13-3-5-14(15-2)6-4-13/h3-6,15H,7-11H2,1-2H3. The number of piperazine rings is 1. The molecule has 1 aliphatic rings. The number of hydrogen-bond acceptors (Lipinski definition) is 3. The van der Waals surface area contributed by atoms with Crippen molar-refractivity contribution in [1.29, 1.82) is 0 Å². The van der Waals surface area contributed by atoms with Gasteiger partial charge in [0.2, 0.25) is 5.91 Å². The zero-order valence-corrected chi connectivity index (χ0v) is 11.1. The van der Waals surface area contributed by atoms with Crippen molar-refractivity contribution in [3.05, 3.63) is 29.8 Å². The van der Waals surface area contributed by atoms with Crippen molar-refractivity contribution in [3.8, 4) is 0 Å². The molecule has 1 aromatic rings. The number of hydrogen-bond donors (Lipinski definition) is 1. The van der Waals surface area contributed by atoms with Crippen LogP contribution in [0.5, 0.6) is 0 Å². The van der Waals surface area contributed by atoms with E-state index < -0.39 is 0 Å². The molecule has 0 radical (unpaired) electrons. The summed E-state index contributed by atoms with van der Waals surface area (Å²) in [6.45, 7) is 6.25. The van der Waals surface area contributed by atoms with E-state index >= 15 is 0 Å². The van der Waals surface area contributed by atoms with Crippen molar-refractivity contribution in [2.75, 3.05) is 38.5 Å². The molecule has 18 heavy (non-hydrogen) atoms. The maximum absolute atomic E-state index is 11.2. The molecule has 0 aromatic heterocycles. The number of amides is 1. The Morgan fingerprint density at radius 1 is 1.17 bits per heavy atom. The number of nitrogens with zero attached hydrogens (tertiary/aromatic N) is 2. The zero-order chi connectivity index (χ0) is 13.0. The molecule has 0 saturated carbocycles. The minimum atomic E-state index is 0.188. The first-order chi connectivity index (χ1) is 8.69. The maximum atomic E-state index is 11.2. The summed E-state index contributed by atoms with van der Waals surface area (Å²) >= 11 is 0. The first-order valence-corrected chi connectivity index (χ1v) is 6.43. The summed E-state index contributed by atoms with van der Waals surface area (Å²) in [4.78, 5) is 15.5. The molecule has 1 fully saturated rings. The Hall–Kier alpha value is -1.55. The normalized spacial score (nSPS) is 16.7. The molecule has 0 aliphatic carbocycles. The van der Waals surface area contributed by atoms with Crippen LogP contribution < -0.4 is 5.32 Å². The second kappa shape index (κ2) is 5.87. The Morgan fingerprint density at radius 3 is 2.28 bits per heavy atom. The molecule has 1 N–H and O–H groups in total. The van der Waals surface area contributed by atoms with Crippen LogP contribution >= 0.6 is 0 Å². The highest BCUT2D eigenvalue weighted by atomic mass is 16.2. The van der Waals surface area contributed by atoms with Gasteiger partial charge >= 0.3 is 0 Å². The molecule has 1 amide bonds. The second-order valence-corrected chi connectivity index (χ2v) is 4.73.